The molecule has 0 saturated carbocycles. The maximum atomic E-state index is 6.18. The van der Waals surface area contributed by atoms with Gasteiger partial charge in [0.2, 0.25) is 0 Å². The van der Waals surface area contributed by atoms with E-state index in [9.17, 15) is 0 Å². The van der Waals surface area contributed by atoms with Crippen LogP contribution in [-0.2, 0) is 6.42 Å². The van der Waals surface area contributed by atoms with E-state index in [1.807, 2.05) is 32.0 Å². The summed E-state index contributed by atoms with van der Waals surface area (Å²) >= 11 is 6.18. The average molecular weight is 263 g/mol. The number of nitrogen functional groups attached to an aromatic ring is 1. The lowest BCUT2D eigenvalue weighted by Crippen LogP contribution is -2.04. The topological polar surface area (TPSA) is 63.8 Å². The van der Waals surface area contributed by atoms with Crippen molar-refractivity contribution in [3.63, 3.8) is 0 Å². The van der Waals surface area contributed by atoms with Crippen LogP contribution >= 0.6 is 11.6 Å². The zero-order valence-electron chi connectivity index (χ0n) is 10.4. The molecule has 94 valence electrons. The molecule has 1 aromatic carbocycles. The summed E-state index contributed by atoms with van der Waals surface area (Å²) in [5.74, 6) is 1.20. The molecule has 0 bridgehead atoms. The van der Waals surface area contributed by atoms with Gasteiger partial charge in [0, 0.05) is 5.56 Å². The highest BCUT2D eigenvalue weighted by Crippen LogP contribution is 2.28. The first-order valence-electron chi connectivity index (χ1n) is 5.74. The van der Waals surface area contributed by atoms with Crippen LogP contribution in [0, 0.1) is 6.92 Å². The second-order valence-electron chi connectivity index (χ2n) is 4.05. The monoisotopic (exact) mass is 262 g/mol. The Morgan fingerprint density at radius 3 is 2.78 bits per heavy atom. The number of halogens is 1. The van der Waals surface area contributed by atoms with Crippen LogP contribution in [0.3, 0.4) is 0 Å². The normalized spacial score (nSPS) is 10.4. The molecule has 0 aliphatic rings. The van der Waals surface area contributed by atoms with Crippen molar-refractivity contribution in [3.8, 4) is 0 Å². The van der Waals surface area contributed by atoms with Crippen molar-refractivity contribution < 1.29 is 0 Å². The highest BCUT2D eigenvalue weighted by molar-refractivity contribution is 6.33. The Morgan fingerprint density at radius 1 is 1.33 bits per heavy atom. The van der Waals surface area contributed by atoms with Crippen molar-refractivity contribution in [2.45, 2.75) is 20.3 Å². The van der Waals surface area contributed by atoms with Gasteiger partial charge in [-0.1, -0.05) is 24.6 Å². The second-order valence-corrected chi connectivity index (χ2v) is 4.46. The molecule has 4 nitrogen and oxygen atoms in total. The van der Waals surface area contributed by atoms with Gasteiger partial charge in [-0.25, -0.2) is 9.97 Å². The number of rotatable bonds is 3. The summed E-state index contributed by atoms with van der Waals surface area (Å²) in [5, 5.41) is 3.86. The molecule has 2 aromatic rings. The Hall–Kier alpha value is -1.81. The molecule has 1 heterocycles. The summed E-state index contributed by atoms with van der Waals surface area (Å²) in [6.45, 7) is 4.01. The lowest BCUT2D eigenvalue weighted by molar-refractivity contribution is 1.06. The molecule has 0 atom stereocenters. The molecule has 1 aromatic heterocycles. The van der Waals surface area contributed by atoms with Crippen molar-refractivity contribution in [1.82, 2.24) is 9.97 Å². The van der Waals surface area contributed by atoms with Gasteiger partial charge in [-0.3, -0.25) is 0 Å². The van der Waals surface area contributed by atoms with Crippen LogP contribution in [0.25, 0.3) is 0 Å². The first-order chi connectivity index (χ1) is 8.61. The van der Waals surface area contributed by atoms with Crippen LogP contribution in [-0.4, -0.2) is 9.97 Å². The van der Waals surface area contributed by atoms with Gasteiger partial charge in [0.25, 0.3) is 0 Å². The Bertz CT molecular complexity index is 569. The predicted octanol–water partition coefficient (Wildman–Crippen LogP) is 3.33. The lowest BCUT2D eigenvalue weighted by atomic mass is 10.2. The van der Waals surface area contributed by atoms with Crippen molar-refractivity contribution >= 4 is 28.9 Å². The SMILES string of the molecule is CCc1c(N)ncnc1Nc1ccc(C)cc1Cl. The predicted molar refractivity (Wildman–Crippen MR) is 75.3 cm³/mol. The molecule has 0 spiro atoms. The van der Waals surface area contributed by atoms with Gasteiger partial charge in [-0.05, 0) is 31.0 Å². The number of hydrogen-bond acceptors (Lipinski definition) is 4. The van der Waals surface area contributed by atoms with E-state index in [1.54, 1.807) is 0 Å². The zero-order valence-corrected chi connectivity index (χ0v) is 11.1. The summed E-state index contributed by atoms with van der Waals surface area (Å²) < 4.78 is 0. The number of anilines is 3. The van der Waals surface area contributed by atoms with E-state index in [0.29, 0.717) is 16.7 Å². The molecular weight excluding hydrogens is 248 g/mol. The number of aromatic nitrogens is 2. The maximum Gasteiger partial charge on any atom is 0.139 e. The molecule has 0 unspecified atom stereocenters. The molecule has 5 heteroatoms. The molecule has 2 rings (SSSR count). The number of hydrogen-bond donors (Lipinski definition) is 2. The van der Waals surface area contributed by atoms with Gasteiger partial charge in [0.05, 0.1) is 10.7 Å². The van der Waals surface area contributed by atoms with Crippen LogP contribution in [0.2, 0.25) is 5.02 Å². The number of nitrogens with zero attached hydrogens (tertiary/aromatic N) is 2. The van der Waals surface area contributed by atoms with Crippen molar-refractivity contribution in [2.75, 3.05) is 11.1 Å². The molecule has 18 heavy (non-hydrogen) atoms. The molecule has 0 saturated heterocycles. The summed E-state index contributed by atoms with van der Waals surface area (Å²) in [5.41, 5.74) is 8.65. The van der Waals surface area contributed by atoms with Crippen LogP contribution in [0.4, 0.5) is 17.3 Å². The van der Waals surface area contributed by atoms with E-state index in [-0.39, 0.29) is 0 Å². The third-order valence-corrected chi connectivity index (χ3v) is 3.02. The molecule has 0 aliphatic carbocycles. The van der Waals surface area contributed by atoms with Crippen molar-refractivity contribution in [1.29, 1.82) is 0 Å². The fraction of sp³-hybridized carbons (Fsp3) is 0.231. The molecule has 0 amide bonds. The van der Waals surface area contributed by atoms with E-state index in [2.05, 4.69) is 15.3 Å². The van der Waals surface area contributed by atoms with Gasteiger partial charge in [-0.15, -0.1) is 0 Å². The summed E-state index contributed by atoms with van der Waals surface area (Å²) in [7, 11) is 0. The first-order valence-corrected chi connectivity index (χ1v) is 6.12. The van der Waals surface area contributed by atoms with Crippen LogP contribution in [0.15, 0.2) is 24.5 Å². The standard InChI is InChI=1S/C13H15ClN4/c1-3-9-12(15)16-7-17-13(9)18-11-5-4-8(2)6-10(11)14/h4-7H,3H2,1-2H3,(H3,15,16,17,18). The summed E-state index contributed by atoms with van der Waals surface area (Å²) in [6, 6.07) is 5.82. The Morgan fingerprint density at radius 2 is 2.11 bits per heavy atom. The molecule has 0 fully saturated rings. The smallest absolute Gasteiger partial charge is 0.139 e. The van der Waals surface area contributed by atoms with E-state index in [4.69, 9.17) is 17.3 Å². The number of benzene rings is 1. The molecule has 0 radical (unpaired) electrons. The van der Waals surface area contributed by atoms with Crippen molar-refractivity contribution in [2.24, 2.45) is 0 Å². The highest BCUT2D eigenvalue weighted by atomic mass is 35.5. The Balaban J connectivity index is 2.37. The number of aryl methyl sites for hydroxylation is 1. The average Bonchev–Trinajstić information content (AvgIpc) is 2.33. The second kappa shape index (κ2) is 5.23. The maximum absolute atomic E-state index is 6.18. The molecule has 0 aliphatic heterocycles. The van der Waals surface area contributed by atoms with Gasteiger partial charge in [0.15, 0.2) is 0 Å². The highest BCUT2D eigenvalue weighted by Gasteiger charge is 2.09. The van der Waals surface area contributed by atoms with E-state index in [0.717, 1.165) is 23.2 Å². The molecular formula is C13H15ClN4. The lowest BCUT2D eigenvalue weighted by Gasteiger charge is -2.12. The van der Waals surface area contributed by atoms with Crippen LogP contribution in [0.5, 0.6) is 0 Å². The van der Waals surface area contributed by atoms with Gasteiger partial charge < -0.3 is 11.1 Å². The number of nitrogens with two attached hydrogens (primary N) is 1. The minimum Gasteiger partial charge on any atom is -0.383 e. The minimum atomic E-state index is 0.498. The van der Waals surface area contributed by atoms with Crippen LogP contribution < -0.4 is 11.1 Å². The Kier molecular flexibility index (Phi) is 3.67. The first kappa shape index (κ1) is 12.6. The van der Waals surface area contributed by atoms with Gasteiger partial charge in [-0.2, -0.15) is 0 Å². The van der Waals surface area contributed by atoms with Crippen LogP contribution in [0.1, 0.15) is 18.1 Å². The third-order valence-electron chi connectivity index (χ3n) is 2.71. The fourth-order valence-electron chi connectivity index (χ4n) is 1.73. The van der Waals surface area contributed by atoms with E-state index in [1.165, 1.54) is 6.33 Å². The van der Waals surface area contributed by atoms with Crippen molar-refractivity contribution in [3.05, 3.63) is 40.7 Å². The van der Waals surface area contributed by atoms with E-state index >= 15 is 0 Å². The molecule has 3 N–H and O–H groups in total. The minimum absolute atomic E-state index is 0.498. The van der Waals surface area contributed by atoms with Gasteiger partial charge >= 0.3 is 0 Å². The number of nitrogens with one attached hydrogen (secondary N) is 1. The zero-order chi connectivity index (χ0) is 13.1. The summed E-state index contributed by atoms with van der Waals surface area (Å²) in [6.07, 6.45) is 2.21. The Labute approximate surface area is 111 Å². The third kappa shape index (κ3) is 2.54. The largest absolute Gasteiger partial charge is 0.383 e. The fourth-order valence-corrected chi connectivity index (χ4v) is 2.01. The van der Waals surface area contributed by atoms with Gasteiger partial charge in [0.1, 0.15) is 18.0 Å². The summed E-state index contributed by atoms with van der Waals surface area (Å²) in [4.78, 5) is 8.19. The quantitative estimate of drug-likeness (QED) is 0.891. The van der Waals surface area contributed by atoms with E-state index < -0.39 is 0 Å².